The number of Topliss-reactive ketones (excluding diaryl/α,β-unsaturated/α-hetero) is 1. The summed E-state index contributed by atoms with van der Waals surface area (Å²) in [5.74, 6) is -0.635. The smallest absolute Gasteiger partial charge is 0.295 e. The van der Waals surface area contributed by atoms with Gasteiger partial charge in [0.05, 0.1) is 18.7 Å². The predicted octanol–water partition coefficient (Wildman–Crippen LogP) is 3.00. The average molecular weight is 425 g/mol. The molecule has 4 rings (SSSR count). The van der Waals surface area contributed by atoms with E-state index in [1.807, 2.05) is 6.92 Å². The first-order chi connectivity index (χ1) is 15.0. The van der Waals surface area contributed by atoms with Gasteiger partial charge in [-0.2, -0.15) is 0 Å². The summed E-state index contributed by atoms with van der Waals surface area (Å²) >= 11 is 0. The first kappa shape index (κ1) is 20.6. The van der Waals surface area contributed by atoms with Crippen LogP contribution in [0.1, 0.15) is 30.5 Å². The maximum Gasteiger partial charge on any atom is 0.295 e. The van der Waals surface area contributed by atoms with Gasteiger partial charge >= 0.3 is 0 Å². The largest absolute Gasteiger partial charge is 0.507 e. The Morgan fingerprint density at radius 3 is 2.55 bits per heavy atom. The van der Waals surface area contributed by atoms with Gasteiger partial charge in [-0.3, -0.25) is 9.59 Å². The molecular formula is C23H23NO7. The summed E-state index contributed by atoms with van der Waals surface area (Å²) in [6, 6.07) is 8.66. The lowest BCUT2D eigenvalue weighted by Crippen LogP contribution is -2.30. The van der Waals surface area contributed by atoms with Crippen molar-refractivity contribution in [1.82, 2.24) is 4.90 Å². The van der Waals surface area contributed by atoms with Crippen LogP contribution >= 0.6 is 0 Å². The molecule has 0 spiro atoms. The van der Waals surface area contributed by atoms with Crippen molar-refractivity contribution in [2.24, 2.45) is 0 Å². The molecular weight excluding hydrogens is 402 g/mol. The van der Waals surface area contributed by atoms with Crippen LogP contribution < -0.4 is 14.2 Å². The van der Waals surface area contributed by atoms with Crippen LogP contribution in [0.3, 0.4) is 0 Å². The highest BCUT2D eigenvalue weighted by Crippen LogP contribution is 2.42. The SMILES string of the molecule is CCCN1C(=O)C(=O)/C(=C(\O)c2ccc3c(c2)OCCO3)C1c1ccc(OC)c(O)c1. The number of phenols is 1. The standard InChI is InChI=1S/C23H23NO7/c1-3-8-24-20(13-4-6-16(29-2)15(25)11-13)19(22(27)23(24)28)21(26)14-5-7-17-18(12-14)31-10-9-30-17/h4-7,11-12,20,25-26H,3,8-10H2,1-2H3/b21-19-. The minimum atomic E-state index is -0.843. The number of ketones is 1. The molecule has 1 saturated heterocycles. The molecule has 2 heterocycles. The van der Waals surface area contributed by atoms with Gasteiger partial charge in [0.2, 0.25) is 0 Å². The number of carbonyl (C=O) groups is 2. The third-order valence-corrected chi connectivity index (χ3v) is 5.34. The Balaban J connectivity index is 1.85. The number of aliphatic hydroxyl groups is 1. The highest BCUT2D eigenvalue weighted by molar-refractivity contribution is 6.46. The third kappa shape index (κ3) is 3.54. The van der Waals surface area contributed by atoms with Crippen LogP contribution in [0.5, 0.6) is 23.0 Å². The van der Waals surface area contributed by atoms with Crippen molar-refractivity contribution in [1.29, 1.82) is 0 Å². The Hall–Kier alpha value is -3.68. The first-order valence-electron chi connectivity index (χ1n) is 10.0. The fraction of sp³-hybridized carbons (Fsp3) is 0.304. The molecule has 2 aliphatic heterocycles. The first-order valence-corrected chi connectivity index (χ1v) is 10.0. The number of phenolic OH excluding ortho intramolecular Hbond substituents is 1. The Bertz CT molecular complexity index is 1080. The normalized spacial score (nSPS) is 19.5. The van der Waals surface area contributed by atoms with Crippen molar-refractivity contribution in [2.75, 3.05) is 26.9 Å². The van der Waals surface area contributed by atoms with Gasteiger partial charge in [0.25, 0.3) is 11.7 Å². The molecule has 1 fully saturated rings. The fourth-order valence-corrected chi connectivity index (χ4v) is 3.92. The summed E-state index contributed by atoms with van der Waals surface area (Å²) in [5, 5.41) is 21.3. The second-order valence-electron chi connectivity index (χ2n) is 7.28. The summed E-state index contributed by atoms with van der Waals surface area (Å²) in [5.41, 5.74) is 0.784. The molecule has 1 amide bonds. The van der Waals surface area contributed by atoms with Crippen molar-refractivity contribution >= 4 is 17.4 Å². The van der Waals surface area contributed by atoms with Crippen molar-refractivity contribution in [3.8, 4) is 23.0 Å². The van der Waals surface area contributed by atoms with Crippen LogP contribution in [-0.4, -0.2) is 53.7 Å². The number of carbonyl (C=O) groups excluding carboxylic acids is 2. The molecule has 1 unspecified atom stereocenters. The van der Waals surface area contributed by atoms with Gasteiger partial charge in [0.15, 0.2) is 23.0 Å². The maximum atomic E-state index is 12.9. The lowest BCUT2D eigenvalue weighted by atomic mass is 9.94. The summed E-state index contributed by atoms with van der Waals surface area (Å²) in [7, 11) is 1.43. The Morgan fingerprint density at radius 2 is 1.87 bits per heavy atom. The molecule has 31 heavy (non-hydrogen) atoms. The topological polar surface area (TPSA) is 106 Å². The molecule has 2 aromatic carbocycles. The zero-order chi connectivity index (χ0) is 22.1. The number of amides is 1. The van der Waals surface area contributed by atoms with Crippen molar-refractivity contribution in [2.45, 2.75) is 19.4 Å². The summed E-state index contributed by atoms with van der Waals surface area (Å²) in [6.45, 7) is 3.02. The van der Waals surface area contributed by atoms with E-state index in [2.05, 4.69) is 0 Å². The van der Waals surface area contributed by atoms with Crippen LogP contribution in [0, 0.1) is 0 Å². The van der Waals surface area contributed by atoms with E-state index in [9.17, 15) is 19.8 Å². The number of methoxy groups -OCH3 is 1. The number of rotatable bonds is 5. The highest BCUT2D eigenvalue weighted by atomic mass is 16.6. The molecule has 8 nitrogen and oxygen atoms in total. The van der Waals surface area contributed by atoms with E-state index in [0.29, 0.717) is 48.8 Å². The molecule has 2 aromatic rings. The summed E-state index contributed by atoms with van der Waals surface area (Å²) in [4.78, 5) is 27.1. The van der Waals surface area contributed by atoms with Crippen molar-refractivity contribution in [3.63, 3.8) is 0 Å². The van der Waals surface area contributed by atoms with E-state index in [1.54, 1.807) is 30.3 Å². The van der Waals surface area contributed by atoms with Gasteiger partial charge in [0.1, 0.15) is 19.0 Å². The molecule has 0 radical (unpaired) electrons. The van der Waals surface area contributed by atoms with E-state index < -0.39 is 17.7 Å². The van der Waals surface area contributed by atoms with E-state index in [4.69, 9.17) is 14.2 Å². The fourth-order valence-electron chi connectivity index (χ4n) is 3.92. The molecule has 2 aliphatic rings. The van der Waals surface area contributed by atoms with Crippen LogP contribution in [0.2, 0.25) is 0 Å². The van der Waals surface area contributed by atoms with E-state index in [-0.39, 0.29) is 22.8 Å². The molecule has 8 heteroatoms. The van der Waals surface area contributed by atoms with Crippen LogP contribution in [0.4, 0.5) is 0 Å². The van der Waals surface area contributed by atoms with E-state index >= 15 is 0 Å². The van der Waals surface area contributed by atoms with E-state index in [1.165, 1.54) is 18.1 Å². The zero-order valence-electron chi connectivity index (χ0n) is 17.3. The maximum absolute atomic E-state index is 12.9. The monoisotopic (exact) mass is 425 g/mol. The van der Waals surface area contributed by atoms with Gasteiger partial charge in [-0.1, -0.05) is 13.0 Å². The van der Waals surface area contributed by atoms with Gasteiger partial charge < -0.3 is 29.3 Å². The van der Waals surface area contributed by atoms with Gasteiger partial charge in [-0.05, 0) is 42.3 Å². The summed E-state index contributed by atoms with van der Waals surface area (Å²) < 4.78 is 16.2. The molecule has 1 atom stereocenters. The minimum Gasteiger partial charge on any atom is -0.507 e. The second kappa shape index (κ2) is 8.22. The molecule has 0 aromatic heterocycles. The Kier molecular flexibility index (Phi) is 5.46. The molecule has 0 saturated carbocycles. The predicted molar refractivity (Wildman–Crippen MR) is 111 cm³/mol. The number of ether oxygens (including phenoxy) is 3. The van der Waals surface area contributed by atoms with Crippen molar-refractivity contribution in [3.05, 3.63) is 53.1 Å². The second-order valence-corrected chi connectivity index (χ2v) is 7.28. The van der Waals surface area contributed by atoms with Gasteiger partial charge in [-0.15, -0.1) is 0 Å². The number of likely N-dealkylation sites (tertiary alicyclic amines) is 1. The highest BCUT2D eigenvalue weighted by Gasteiger charge is 2.46. The molecule has 0 bridgehead atoms. The molecule has 162 valence electrons. The Morgan fingerprint density at radius 1 is 1.13 bits per heavy atom. The summed E-state index contributed by atoms with van der Waals surface area (Å²) in [6.07, 6.45) is 0.621. The van der Waals surface area contributed by atoms with Gasteiger partial charge in [0, 0.05) is 12.1 Å². The van der Waals surface area contributed by atoms with E-state index in [0.717, 1.165) is 0 Å². The number of hydrogen-bond acceptors (Lipinski definition) is 7. The number of benzene rings is 2. The lowest BCUT2D eigenvalue weighted by Gasteiger charge is -2.25. The quantitative estimate of drug-likeness (QED) is 0.431. The Labute approximate surface area is 179 Å². The van der Waals surface area contributed by atoms with Gasteiger partial charge in [-0.25, -0.2) is 0 Å². The number of nitrogens with zero attached hydrogens (tertiary/aromatic N) is 1. The zero-order valence-corrected chi connectivity index (χ0v) is 17.3. The average Bonchev–Trinajstić information content (AvgIpc) is 3.03. The van der Waals surface area contributed by atoms with Crippen LogP contribution in [0.25, 0.3) is 5.76 Å². The van der Waals surface area contributed by atoms with Crippen LogP contribution in [0.15, 0.2) is 42.0 Å². The van der Waals surface area contributed by atoms with Crippen LogP contribution in [-0.2, 0) is 9.59 Å². The lowest BCUT2D eigenvalue weighted by molar-refractivity contribution is -0.139. The third-order valence-electron chi connectivity index (χ3n) is 5.34. The minimum absolute atomic E-state index is 0.0419. The van der Waals surface area contributed by atoms with Crippen molar-refractivity contribution < 1.29 is 34.0 Å². The number of hydrogen-bond donors (Lipinski definition) is 2. The number of aromatic hydroxyl groups is 1. The molecule has 2 N–H and O–H groups in total. The number of fused-ring (bicyclic) bond motifs is 1. The number of aliphatic hydroxyl groups excluding tert-OH is 1. The molecule has 0 aliphatic carbocycles.